The largest absolute Gasteiger partial charge is 0.372 e. The van der Waals surface area contributed by atoms with E-state index in [-0.39, 0.29) is 42.9 Å². The average molecular weight is 441 g/mol. The van der Waals surface area contributed by atoms with Crippen LogP contribution in [0, 0.1) is 6.92 Å². The third-order valence-electron chi connectivity index (χ3n) is 4.74. The minimum absolute atomic E-state index is 0. The molecule has 0 radical (unpaired) electrons. The molecule has 3 rings (SSSR count). The first-order valence-electron chi connectivity index (χ1n) is 9.37. The second-order valence-corrected chi connectivity index (χ2v) is 7.29. The summed E-state index contributed by atoms with van der Waals surface area (Å²) >= 11 is 0. The number of amides is 1. The molecule has 1 aliphatic rings. The van der Waals surface area contributed by atoms with Crippen LogP contribution in [-0.2, 0) is 16.1 Å². The van der Waals surface area contributed by atoms with Crippen molar-refractivity contribution in [3.05, 3.63) is 59.3 Å². The number of aromatic nitrogens is 1. The van der Waals surface area contributed by atoms with Crippen molar-refractivity contribution in [2.24, 2.45) is 5.73 Å². The van der Waals surface area contributed by atoms with Crippen LogP contribution in [0.5, 0.6) is 0 Å². The Morgan fingerprint density at radius 2 is 1.79 bits per heavy atom. The quantitative estimate of drug-likeness (QED) is 0.745. The van der Waals surface area contributed by atoms with Gasteiger partial charge >= 0.3 is 0 Å². The number of aryl methyl sites for hydroxylation is 1. The van der Waals surface area contributed by atoms with Gasteiger partial charge in [-0.3, -0.25) is 4.79 Å². The topological polar surface area (TPSA) is 80.5 Å². The highest BCUT2D eigenvalue weighted by atomic mass is 35.5. The second kappa shape index (κ2) is 11.4. The minimum Gasteiger partial charge on any atom is -0.372 e. The third kappa shape index (κ3) is 6.85. The summed E-state index contributed by atoms with van der Waals surface area (Å²) in [4.78, 5) is 19.1. The molecule has 3 unspecified atom stereocenters. The molecule has 0 aliphatic carbocycles. The van der Waals surface area contributed by atoms with E-state index in [4.69, 9.17) is 10.5 Å². The Morgan fingerprint density at radius 3 is 2.34 bits per heavy atom. The lowest BCUT2D eigenvalue weighted by molar-refractivity contribution is -0.122. The smallest absolute Gasteiger partial charge is 0.241 e. The summed E-state index contributed by atoms with van der Waals surface area (Å²) in [7, 11) is 0. The van der Waals surface area contributed by atoms with Crippen LogP contribution >= 0.6 is 24.8 Å². The number of rotatable bonds is 5. The first-order valence-corrected chi connectivity index (χ1v) is 9.37. The number of hydrogen-bond acceptors (Lipinski definition) is 5. The van der Waals surface area contributed by atoms with Gasteiger partial charge < -0.3 is 20.7 Å². The van der Waals surface area contributed by atoms with Gasteiger partial charge in [0.2, 0.25) is 5.91 Å². The van der Waals surface area contributed by atoms with E-state index in [1.807, 2.05) is 43.3 Å². The van der Waals surface area contributed by atoms with Crippen LogP contribution in [0.1, 0.15) is 36.6 Å². The molecule has 1 aromatic heterocycles. The summed E-state index contributed by atoms with van der Waals surface area (Å²) in [5.41, 5.74) is 8.94. The fraction of sp³-hybridized carbons (Fsp3) is 0.429. The van der Waals surface area contributed by atoms with Gasteiger partial charge in [0.1, 0.15) is 11.9 Å². The van der Waals surface area contributed by atoms with Gasteiger partial charge in [0.15, 0.2) is 0 Å². The van der Waals surface area contributed by atoms with E-state index in [1.165, 1.54) is 0 Å². The Labute approximate surface area is 185 Å². The molecule has 1 saturated heterocycles. The zero-order valence-electron chi connectivity index (χ0n) is 17.0. The predicted octanol–water partition coefficient (Wildman–Crippen LogP) is 3.16. The Morgan fingerprint density at radius 1 is 1.17 bits per heavy atom. The number of carbonyl (C=O) groups is 1. The molecule has 0 saturated carbocycles. The van der Waals surface area contributed by atoms with Crippen LogP contribution in [0.3, 0.4) is 0 Å². The molecule has 0 bridgehead atoms. The standard InChI is InChI=1S/C21H28N4O2.2ClH/c1-14-4-7-18(8-5-14)20(22)21(26)24-11-17-6-9-19(23-10-17)25-12-15(2)27-16(3)13-25;;/h4-10,15-16,20H,11-13,22H2,1-3H3,(H,24,26);2*1H. The first-order chi connectivity index (χ1) is 12.9. The number of nitrogens with one attached hydrogen (secondary N) is 1. The van der Waals surface area contributed by atoms with Gasteiger partial charge in [0, 0.05) is 25.8 Å². The Bertz CT molecular complexity index is 761. The summed E-state index contributed by atoms with van der Waals surface area (Å²) in [5, 5.41) is 2.89. The maximum Gasteiger partial charge on any atom is 0.241 e. The zero-order valence-corrected chi connectivity index (χ0v) is 18.6. The number of ether oxygens (including phenoxy) is 1. The lowest BCUT2D eigenvalue weighted by Crippen LogP contribution is -2.45. The average Bonchev–Trinajstić information content (AvgIpc) is 2.66. The molecule has 1 aliphatic heterocycles. The highest BCUT2D eigenvalue weighted by molar-refractivity contribution is 5.85. The number of morpholine rings is 1. The monoisotopic (exact) mass is 440 g/mol. The number of carbonyl (C=O) groups excluding carboxylic acids is 1. The molecule has 1 amide bonds. The lowest BCUT2D eigenvalue weighted by Gasteiger charge is -2.36. The van der Waals surface area contributed by atoms with Crippen molar-refractivity contribution in [1.82, 2.24) is 10.3 Å². The number of benzene rings is 1. The van der Waals surface area contributed by atoms with Crippen LogP contribution in [0.4, 0.5) is 5.82 Å². The van der Waals surface area contributed by atoms with Gasteiger partial charge in [-0.1, -0.05) is 35.9 Å². The molecule has 8 heteroatoms. The van der Waals surface area contributed by atoms with E-state index >= 15 is 0 Å². The van der Waals surface area contributed by atoms with E-state index in [1.54, 1.807) is 6.20 Å². The van der Waals surface area contributed by atoms with Crippen molar-refractivity contribution in [2.75, 3.05) is 18.0 Å². The molecule has 6 nitrogen and oxygen atoms in total. The third-order valence-corrected chi connectivity index (χ3v) is 4.74. The fourth-order valence-corrected chi connectivity index (χ4v) is 3.30. The first kappa shape index (κ1) is 25.2. The number of pyridine rings is 1. The van der Waals surface area contributed by atoms with E-state index in [2.05, 4.69) is 29.0 Å². The van der Waals surface area contributed by atoms with Crippen molar-refractivity contribution >= 4 is 36.5 Å². The van der Waals surface area contributed by atoms with E-state index in [0.717, 1.165) is 35.6 Å². The van der Waals surface area contributed by atoms with Crippen LogP contribution < -0.4 is 16.0 Å². The van der Waals surface area contributed by atoms with Crippen LogP contribution in [0.25, 0.3) is 0 Å². The normalized spacial score (nSPS) is 19.5. The highest BCUT2D eigenvalue weighted by Crippen LogP contribution is 2.18. The molecule has 3 N–H and O–H groups in total. The summed E-state index contributed by atoms with van der Waals surface area (Å²) in [5.74, 6) is 0.738. The van der Waals surface area contributed by atoms with Gasteiger partial charge in [-0.2, -0.15) is 0 Å². The van der Waals surface area contributed by atoms with E-state index < -0.39 is 6.04 Å². The number of nitrogens with zero attached hydrogens (tertiary/aromatic N) is 2. The summed E-state index contributed by atoms with van der Waals surface area (Å²) < 4.78 is 5.76. The van der Waals surface area contributed by atoms with Crippen LogP contribution in [0.2, 0.25) is 0 Å². The molecule has 3 atom stereocenters. The maximum atomic E-state index is 12.3. The molecular formula is C21H30Cl2N4O2. The van der Waals surface area contributed by atoms with E-state index in [9.17, 15) is 4.79 Å². The van der Waals surface area contributed by atoms with E-state index in [0.29, 0.717) is 6.54 Å². The second-order valence-electron chi connectivity index (χ2n) is 7.29. The van der Waals surface area contributed by atoms with Crippen molar-refractivity contribution in [3.8, 4) is 0 Å². The number of halogens is 2. The Balaban J connectivity index is 0.00000210. The summed E-state index contributed by atoms with van der Waals surface area (Å²) in [6, 6.07) is 11.0. The minimum atomic E-state index is -0.672. The maximum absolute atomic E-state index is 12.3. The van der Waals surface area contributed by atoms with Crippen LogP contribution in [-0.4, -0.2) is 36.2 Å². The molecule has 1 aromatic carbocycles. The highest BCUT2D eigenvalue weighted by Gasteiger charge is 2.23. The summed E-state index contributed by atoms with van der Waals surface area (Å²) in [6.07, 6.45) is 2.19. The van der Waals surface area contributed by atoms with Gasteiger partial charge in [-0.05, 0) is 38.0 Å². The number of nitrogens with two attached hydrogens (primary N) is 1. The molecule has 0 spiro atoms. The van der Waals surface area contributed by atoms with Crippen LogP contribution in [0.15, 0.2) is 42.6 Å². The van der Waals surface area contributed by atoms with Crippen molar-refractivity contribution in [3.63, 3.8) is 0 Å². The van der Waals surface area contributed by atoms with Crippen molar-refractivity contribution in [1.29, 1.82) is 0 Å². The molecule has 1 fully saturated rings. The summed E-state index contributed by atoms with van der Waals surface area (Å²) in [6.45, 7) is 8.22. The van der Waals surface area contributed by atoms with Crippen molar-refractivity contribution < 1.29 is 9.53 Å². The SMILES string of the molecule is Cc1ccc(C(N)C(=O)NCc2ccc(N3CC(C)OC(C)C3)nc2)cc1.Cl.Cl. The molecular weight excluding hydrogens is 411 g/mol. The molecule has 2 aromatic rings. The molecule has 2 heterocycles. The lowest BCUT2D eigenvalue weighted by atomic mass is 10.1. The molecule has 29 heavy (non-hydrogen) atoms. The van der Waals surface area contributed by atoms with Gasteiger partial charge in [0.05, 0.1) is 12.2 Å². The Kier molecular flexibility index (Phi) is 9.86. The Hall–Kier alpha value is -1.86. The van der Waals surface area contributed by atoms with Crippen molar-refractivity contribution in [2.45, 2.75) is 45.6 Å². The number of anilines is 1. The predicted molar refractivity (Wildman–Crippen MR) is 121 cm³/mol. The van der Waals surface area contributed by atoms with Gasteiger partial charge in [-0.25, -0.2) is 4.98 Å². The van der Waals surface area contributed by atoms with Gasteiger partial charge in [-0.15, -0.1) is 24.8 Å². The number of hydrogen-bond donors (Lipinski definition) is 2. The fourth-order valence-electron chi connectivity index (χ4n) is 3.30. The molecule has 160 valence electrons. The zero-order chi connectivity index (χ0) is 19.4. The van der Waals surface area contributed by atoms with Gasteiger partial charge in [0.25, 0.3) is 0 Å².